The van der Waals surface area contributed by atoms with E-state index < -0.39 is 24.3 Å². The highest BCUT2D eigenvalue weighted by Gasteiger charge is 2.22. The molecule has 0 aromatic heterocycles. The van der Waals surface area contributed by atoms with Gasteiger partial charge in [-0.2, -0.15) is 5.10 Å². The van der Waals surface area contributed by atoms with Gasteiger partial charge in [-0.15, -0.1) is 0 Å². The summed E-state index contributed by atoms with van der Waals surface area (Å²) in [4.78, 5) is 34.1. The number of carbonyl (C=O) groups excluding carboxylic acids is 2. The van der Waals surface area contributed by atoms with Crippen molar-refractivity contribution in [2.75, 3.05) is 12.3 Å². The molecule has 0 fully saturated rings. The summed E-state index contributed by atoms with van der Waals surface area (Å²) in [6.07, 6.45) is 1.44. The average Bonchev–Trinajstić information content (AvgIpc) is 2.49. The molecule has 0 radical (unpaired) electrons. The van der Waals surface area contributed by atoms with Crippen molar-refractivity contribution in [1.82, 2.24) is 5.01 Å². The third-order valence-corrected chi connectivity index (χ3v) is 3.72. The van der Waals surface area contributed by atoms with Crippen molar-refractivity contribution in [2.45, 2.75) is 13.8 Å². The number of nitrogens with zero attached hydrogens (tertiary/aromatic N) is 2. The van der Waals surface area contributed by atoms with Crippen LogP contribution in [0.25, 0.3) is 0 Å². The van der Waals surface area contributed by atoms with Crippen LogP contribution in [0.3, 0.4) is 0 Å². The molecule has 0 heterocycles. The van der Waals surface area contributed by atoms with Crippen LogP contribution in [0.15, 0.2) is 35.4 Å². The van der Waals surface area contributed by atoms with Crippen LogP contribution in [0.5, 0.6) is 0 Å². The standard InChI is InChI=1S/C15H18N2O4S/c1-11(10-22-12(2)18)15(21)17(9-14(19)20)16-8-13-6-4-3-5-7-13/h3-8,11H,9-10H2,1-2H3,(H,19,20)/t11-/m1/s1. The zero-order chi connectivity index (χ0) is 16.5. The van der Waals surface area contributed by atoms with Crippen molar-refractivity contribution >= 4 is 35.0 Å². The second-order valence-corrected chi connectivity index (χ2v) is 5.85. The fourth-order valence-corrected chi connectivity index (χ4v) is 2.17. The predicted molar refractivity (Wildman–Crippen MR) is 85.7 cm³/mol. The fraction of sp³-hybridized carbons (Fsp3) is 0.333. The molecule has 118 valence electrons. The first kappa shape index (κ1) is 17.9. The van der Waals surface area contributed by atoms with Gasteiger partial charge in [-0.1, -0.05) is 49.0 Å². The Kier molecular flexibility index (Phi) is 7.31. The van der Waals surface area contributed by atoms with Crippen molar-refractivity contribution in [3.8, 4) is 0 Å². The molecule has 1 aromatic rings. The summed E-state index contributed by atoms with van der Waals surface area (Å²) in [7, 11) is 0. The van der Waals surface area contributed by atoms with Crippen molar-refractivity contribution < 1.29 is 19.5 Å². The van der Waals surface area contributed by atoms with Crippen LogP contribution in [0.1, 0.15) is 19.4 Å². The first-order valence-electron chi connectivity index (χ1n) is 6.65. The van der Waals surface area contributed by atoms with Crippen LogP contribution in [0.4, 0.5) is 0 Å². The zero-order valence-electron chi connectivity index (χ0n) is 12.4. The average molecular weight is 322 g/mol. The Morgan fingerprint density at radius 2 is 1.95 bits per heavy atom. The van der Waals surface area contributed by atoms with Gasteiger partial charge < -0.3 is 5.11 Å². The number of aliphatic carboxylic acids is 1. The molecule has 1 N–H and O–H groups in total. The third kappa shape index (κ3) is 6.53. The van der Waals surface area contributed by atoms with Crippen LogP contribution in [0.2, 0.25) is 0 Å². The number of carbonyl (C=O) groups is 3. The van der Waals surface area contributed by atoms with E-state index in [1.807, 2.05) is 18.2 Å². The number of amides is 1. The molecule has 0 aliphatic carbocycles. The Morgan fingerprint density at radius 1 is 1.32 bits per heavy atom. The maximum atomic E-state index is 12.2. The van der Waals surface area contributed by atoms with E-state index in [2.05, 4.69) is 5.10 Å². The van der Waals surface area contributed by atoms with E-state index in [0.717, 1.165) is 22.3 Å². The Morgan fingerprint density at radius 3 is 2.50 bits per heavy atom. The summed E-state index contributed by atoms with van der Waals surface area (Å²) in [6, 6.07) is 9.07. The van der Waals surface area contributed by atoms with Crippen LogP contribution in [-0.2, 0) is 14.4 Å². The molecule has 6 nitrogen and oxygen atoms in total. The third-order valence-electron chi connectivity index (χ3n) is 2.64. The van der Waals surface area contributed by atoms with Gasteiger partial charge in [0, 0.05) is 18.6 Å². The van der Waals surface area contributed by atoms with E-state index in [-0.39, 0.29) is 5.12 Å². The van der Waals surface area contributed by atoms with E-state index in [1.54, 1.807) is 19.1 Å². The van der Waals surface area contributed by atoms with E-state index in [0.29, 0.717) is 5.75 Å². The van der Waals surface area contributed by atoms with Gasteiger partial charge in [0.2, 0.25) is 5.91 Å². The van der Waals surface area contributed by atoms with Crippen LogP contribution >= 0.6 is 11.8 Å². The predicted octanol–water partition coefficient (Wildman–Crippen LogP) is 1.85. The monoisotopic (exact) mass is 322 g/mol. The lowest BCUT2D eigenvalue weighted by molar-refractivity contribution is -0.145. The van der Waals surface area contributed by atoms with Gasteiger partial charge in [0.1, 0.15) is 6.54 Å². The lowest BCUT2D eigenvalue weighted by atomic mass is 10.2. The smallest absolute Gasteiger partial charge is 0.325 e. The van der Waals surface area contributed by atoms with Gasteiger partial charge in [-0.3, -0.25) is 14.4 Å². The van der Waals surface area contributed by atoms with Gasteiger partial charge in [0.25, 0.3) is 0 Å². The molecule has 22 heavy (non-hydrogen) atoms. The zero-order valence-corrected chi connectivity index (χ0v) is 13.2. The first-order valence-corrected chi connectivity index (χ1v) is 7.64. The van der Waals surface area contributed by atoms with Crippen molar-refractivity contribution in [1.29, 1.82) is 0 Å². The topological polar surface area (TPSA) is 87.0 Å². The van der Waals surface area contributed by atoms with Crippen molar-refractivity contribution in [3.63, 3.8) is 0 Å². The molecule has 7 heteroatoms. The minimum Gasteiger partial charge on any atom is -0.480 e. The quantitative estimate of drug-likeness (QED) is 0.611. The molecular weight excluding hydrogens is 304 g/mol. The van der Waals surface area contributed by atoms with E-state index in [9.17, 15) is 14.4 Å². The fourth-order valence-electron chi connectivity index (χ4n) is 1.55. The number of hydrogen-bond donors (Lipinski definition) is 1. The molecule has 1 aromatic carbocycles. The molecule has 0 aliphatic rings. The van der Waals surface area contributed by atoms with Crippen molar-refractivity contribution in [2.24, 2.45) is 11.0 Å². The second kappa shape index (κ2) is 8.99. The molecule has 1 atom stereocenters. The summed E-state index contributed by atoms with van der Waals surface area (Å²) in [6.45, 7) is 2.55. The van der Waals surface area contributed by atoms with Crippen LogP contribution < -0.4 is 0 Å². The molecule has 0 saturated carbocycles. The minimum atomic E-state index is -1.15. The highest BCUT2D eigenvalue weighted by atomic mass is 32.2. The van der Waals surface area contributed by atoms with Crippen LogP contribution in [-0.4, -0.2) is 45.6 Å². The second-order valence-electron chi connectivity index (χ2n) is 4.65. The summed E-state index contributed by atoms with van der Waals surface area (Å²) in [5.74, 6) is -1.78. The summed E-state index contributed by atoms with van der Waals surface area (Å²) < 4.78 is 0. The molecular formula is C15H18N2O4S. The Labute approximate surface area is 133 Å². The summed E-state index contributed by atoms with van der Waals surface area (Å²) >= 11 is 1.03. The normalized spacial score (nSPS) is 12.1. The number of hydrazone groups is 1. The van der Waals surface area contributed by atoms with Gasteiger partial charge in [0.05, 0.1) is 6.21 Å². The maximum absolute atomic E-state index is 12.2. The van der Waals surface area contributed by atoms with Gasteiger partial charge in [-0.25, -0.2) is 5.01 Å². The lowest BCUT2D eigenvalue weighted by Crippen LogP contribution is -2.36. The Hall–Kier alpha value is -2.15. The number of rotatable bonds is 7. The number of carboxylic acid groups (broad SMARTS) is 1. The van der Waals surface area contributed by atoms with E-state index in [4.69, 9.17) is 5.11 Å². The van der Waals surface area contributed by atoms with Crippen molar-refractivity contribution in [3.05, 3.63) is 35.9 Å². The number of carboxylic acids is 1. The molecule has 1 rings (SSSR count). The largest absolute Gasteiger partial charge is 0.480 e. The number of benzene rings is 1. The highest BCUT2D eigenvalue weighted by Crippen LogP contribution is 2.12. The molecule has 0 bridgehead atoms. The molecule has 0 spiro atoms. The maximum Gasteiger partial charge on any atom is 0.325 e. The summed E-state index contributed by atoms with van der Waals surface area (Å²) in [5, 5.41) is 13.7. The molecule has 0 unspecified atom stereocenters. The molecule has 0 saturated heterocycles. The van der Waals surface area contributed by atoms with E-state index >= 15 is 0 Å². The number of hydrogen-bond acceptors (Lipinski definition) is 5. The lowest BCUT2D eigenvalue weighted by Gasteiger charge is -2.18. The first-order chi connectivity index (χ1) is 10.4. The molecule has 0 aliphatic heterocycles. The van der Waals surface area contributed by atoms with Gasteiger partial charge in [0.15, 0.2) is 5.12 Å². The van der Waals surface area contributed by atoms with E-state index in [1.165, 1.54) is 13.1 Å². The Bertz CT molecular complexity index is 560. The number of thioether (sulfide) groups is 1. The SMILES string of the molecule is CC(=O)SC[C@@H](C)C(=O)N(CC(=O)O)N=Cc1ccccc1. The van der Waals surface area contributed by atoms with Gasteiger partial charge in [-0.05, 0) is 5.56 Å². The minimum absolute atomic E-state index is 0.0859. The van der Waals surface area contributed by atoms with Crippen LogP contribution in [0, 0.1) is 5.92 Å². The Balaban J connectivity index is 2.78. The summed E-state index contributed by atoms with van der Waals surface area (Å²) in [5.41, 5.74) is 0.761. The highest BCUT2D eigenvalue weighted by molar-refractivity contribution is 8.13. The van der Waals surface area contributed by atoms with Gasteiger partial charge >= 0.3 is 5.97 Å². The molecule has 1 amide bonds.